The Kier molecular flexibility index (Phi) is 12.6. The van der Waals surface area contributed by atoms with Gasteiger partial charge in [0.15, 0.2) is 0 Å². The lowest BCUT2D eigenvalue weighted by molar-refractivity contribution is -0.673. The molecule has 280 valence electrons. The standard InChI is InChI=1S/C43H44N2O6S3/c1-32-33(2)40(27-25-37-23-21-35-15-7-9-19-42(35)45(37)29-11-13-31-54(49,50)51)43(52-38-16-4-3-5-17-38)39(32)26-24-36-22-20-34-14-6-8-18-41(34)44(36)28-10-12-30-53(46,47)48/h3-9,14-27H,10-13,28-31H2,1-2H3,(H-,46,47,48,49,50,51)/p+1. The Morgan fingerprint density at radius 3 is 2.15 bits per heavy atom. The van der Waals surface area contributed by atoms with Gasteiger partial charge in [-0.2, -0.15) is 21.4 Å². The van der Waals surface area contributed by atoms with Crippen LogP contribution in [0.3, 0.4) is 0 Å². The molecule has 3 aromatic carbocycles. The summed E-state index contributed by atoms with van der Waals surface area (Å²) in [6.07, 6.45) is 14.7. The van der Waals surface area contributed by atoms with Crippen molar-refractivity contribution in [2.24, 2.45) is 0 Å². The maximum absolute atomic E-state index is 11.4. The summed E-state index contributed by atoms with van der Waals surface area (Å²) in [7, 11) is -8.04. The Bertz CT molecular complexity index is 2440. The molecule has 0 spiro atoms. The van der Waals surface area contributed by atoms with Crippen LogP contribution in [0.1, 0.15) is 50.8 Å². The first-order chi connectivity index (χ1) is 25.9. The van der Waals surface area contributed by atoms with Crippen LogP contribution >= 0.6 is 11.8 Å². The van der Waals surface area contributed by atoms with Crippen molar-refractivity contribution in [1.29, 1.82) is 0 Å². The normalized spacial score (nSPS) is 16.5. The molecule has 1 aliphatic carbocycles. The number of hydrogen-bond donors (Lipinski definition) is 2. The van der Waals surface area contributed by atoms with E-state index in [-0.39, 0.29) is 11.5 Å². The molecule has 0 saturated carbocycles. The summed E-state index contributed by atoms with van der Waals surface area (Å²) in [5.41, 5.74) is 9.71. The van der Waals surface area contributed by atoms with Crippen LogP contribution in [-0.4, -0.2) is 44.0 Å². The number of pyridine rings is 1. The van der Waals surface area contributed by atoms with Crippen molar-refractivity contribution in [2.45, 2.75) is 51.0 Å². The van der Waals surface area contributed by atoms with Gasteiger partial charge < -0.3 is 4.90 Å². The summed E-state index contributed by atoms with van der Waals surface area (Å²) in [5, 5.41) is 1.09. The highest BCUT2D eigenvalue weighted by atomic mass is 32.2. The number of fused-ring (bicyclic) bond motifs is 2. The highest BCUT2D eigenvalue weighted by Crippen LogP contribution is 2.46. The predicted octanol–water partition coefficient (Wildman–Crippen LogP) is 9.22. The third-order valence-corrected chi connectivity index (χ3v) is 12.4. The summed E-state index contributed by atoms with van der Waals surface area (Å²) < 4.78 is 66.3. The molecule has 2 heterocycles. The molecule has 0 radical (unpaired) electrons. The second-order valence-electron chi connectivity index (χ2n) is 13.4. The van der Waals surface area contributed by atoms with E-state index in [0.29, 0.717) is 38.8 Å². The third-order valence-electron chi connectivity index (χ3n) is 9.68. The van der Waals surface area contributed by atoms with Crippen molar-refractivity contribution < 1.29 is 30.5 Å². The van der Waals surface area contributed by atoms with E-state index in [4.69, 9.17) is 0 Å². The maximum atomic E-state index is 11.4. The first-order valence-electron chi connectivity index (χ1n) is 18.0. The average Bonchev–Trinajstić information content (AvgIpc) is 3.36. The zero-order chi connectivity index (χ0) is 38.3. The Labute approximate surface area is 323 Å². The summed E-state index contributed by atoms with van der Waals surface area (Å²) >= 11 is 1.72. The zero-order valence-electron chi connectivity index (χ0n) is 30.4. The molecule has 0 saturated heterocycles. The molecule has 11 heteroatoms. The van der Waals surface area contributed by atoms with Gasteiger partial charge in [-0.05, 0) is 110 Å². The van der Waals surface area contributed by atoms with Crippen LogP contribution in [0.15, 0.2) is 153 Å². The Balaban J connectivity index is 1.38. The molecular formula is C43H45N2O6S3+. The molecule has 2 N–H and O–H groups in total. The topological polar surface area (TPSA) is 116 Å². The molecule has 8 nitrogen and oxygen atoms in total. The molecule has 0 bridgehead atoms. The molecule has 0 fully saturated rings. The number of benzene rings is 3. The molecule has 0 unspecified atom stereocenters. The number of rotatable bonds is 15. The molecule has 1 aliphatic heterocycles. The van der Waals surface area contributed by atoms with Crippen LogP contribution < -0.4 is 9.47 Å². The fourth-order valence-corrected chi connectivity index (χ4v) is 9.13. The van der Waals surface area contributed by atoms with Gasteiger partial charge >= 0.3 is 0 Å². The molecule has 0 amide bonds. The highest BCUT2D eigenvalue weighted by molar-refractivity contribution is 8.03. The largest absolute Gasteiger partial charge is 0.341 e. The molecular weight excluding hydrogens is 737 g/mol. The van der Waals surface area contributed by atoms with Gasteiger partial charge in [0.1, 0.15) is 6.54 Å². The Morgan fingerprint density at radius 1 is 0.704 bits per heavy atom. The van der Waals surface area contributed by atoms with Crippen LogP contribution in [0.5, 0.6) is 0 Å². The summed E-state index contributed by atoms with van der Waals surface area (Å²) in [4.78, 5) is 4.45. The number of allylic oxidation sites excluding steroid dienone is 8. The SMILES string of the molecule is CC1=C(C)C(C=Cc2ccc3ccccc3[n+]2CCCCS(=O)(=O)O)=C(Sc2ccccc2)C1=CC=C1C=Cc2ccccc2N1CCCCS(=O)(=O)O. The monoisotopic (exact) mass is 781 g/mol. The minimum atomic E-state index is -4.02. The zero-order valence-corrected chi connectivity index (χ0v) is 32.9. The van der Waals surface area contributed by atoms with E-state index in [1.165, 1.54) is 11.1 Å². The van der Waals surface area contributed by atoms with Gasteiger partial charge in [-0.1, -0.05) is 72.4 Å². The fourth-order valence-electron chi connectivity index (χ4n) is 6.80. The van der Waals surface area contributed by atoms with E-state index in [2.05, 4.69) is 108 Å². The first-order valence-corrected chi connectivity index (χ1v) is 22.0. The molecule has 1 aromatic heterocycles. The number of thioether (sulfide) groups is 1. The molecule has 54 heavy (non-hydrogen) atoms. The van der Waals surface area contributed by atoms with Gasteiger partial charge in [0.05, 0.1) is 11.5 Å². The van der Waals surface area contributed by atoms with Crippen LogP contribution in [0, 0.1) is 0 Å². The van der Waals surface area contributed by atoms with Crippen molar-refractivity contribution in [3.8, 4) is 0 Å². The smallest absolute Gasteiger partial charge is 0.264 e. The van der Waals surface area contributed by atoms with E-state index < -0.39 is 20.2 Å². The van der Waals surface area contributed by atoms with E-state index in [0.717, 1.165) is 54.5 Å². The highest BCUT2D eigenvalue weighted by Gasteiger charge is 2.25. The lowest BCUT2D eigenvalue weighted by Gasteiger charge is -2.30. The minimum absolute atomic E-state index is 0.265. The predicted molar refractivity (Wildman–Crippen MR) is 221 cm³/mol. The number of anilines is 1. The first kappa shape index (κ1) is 39.2. The average molecular weight is 782 g/mol. The van der Waals surface area contributed by atoms with Crippen molar-refractivity contribution >= 4 is 60.7 Å². The number of para-hydroxylation sites is 2. The quantitative estimate of drug-likeness (QED) is 0.0697. The minimum Gasteiger partial charge on any atom is -0.341 e. The number of aromatic nitrogens is 1. The lowest BCUT2D eigenvalue weighted by atomic mass is 10.0. The van der Waals surface area contributed by atoms with E-state index in [1.807, 2.05) is 42.5 Å². The molecule has 4 aromatic rings. The van der Waals surface area contributed by atoms with Crippen molar-refractivity contribution in [1.82, 2.24) is 0 Å². The van der Waals surface area contributed by atoms with Gasteiger partial charge in [0.2, 0.25) is 11.2 Å². The third kappa shape index (κ3) is 9.96. The van der Waals surface area contributed by atoms with Crippen molar-refractivity contribution in [3.05, 3.63) is 159 Å². The number of unbranched alkanes of at least 4 members (excludes halogenated alkanes) is 2. The van der Waals surface area contributed by atoms with Crippen LogP contribution in [0.4, 0.5) is 5.69 Å². The summed E-state index contributed by atoms with van der Waals surface area (Å²) in [6, 6.07) is 30.8. The fraction of sp³-hybridized carbons (Fsp3) is 0.233. The number of nitrogens with zero attached hydrogens (tertiary/aromatic N) is 2. The van der Waals surface area contributed by atoms with Crippen LogP contribution in [0.2, 0.25) is 0 Å². The van der Waals surface area contributed by atoms with Gasteiger partial charge in [-0.3, -0.25) is 9.11 Å². The maximum Gasteiger partial charge on any atom is 0.264 e. The van der Waals surface area contributed by atoms with E-state index in [9.17, 15) is 25.9 Å². The van der Waals surface area contributed by atoms with E-state index in [1.54, 1.807) is 11.8 Å². The van der Waals surface area contributed by atoms with Crippen LogP contribution in [0.25, 0.3) is 23.1 Å². The second kappa shape index (κ2) is 17.3. The van der Waals surface area contributed by atoms with Gasteiger partial charge in [0, 0.05) is 57.7 Å². The Hall–Kier alpha value is -4.52. The van der Waals surface area contributed by atoms with Gasteiger partial charge in [-0.25, -0.2) is 0 Å². The van der Waals surface area contributed by atoms with Gasteiger partial charge in [-0.15, -0.1) is 0 Å². The molecule has 6 rings (SSSR count). The summed E-state index contributed by atoms with van der Waals surface area (Å²) in [6.45, 7) is 5.49. The number of hydrogen-bond acceptors (Lipinski definition) is 6. The number of aryl methyl sites for hydroxylation is 1. The van der Waals surface area contributed by atoms with Crippen molar-refractivity contribution in [2.75, 3.05) is 23.0 Å². The van der Waals surface area contributed by atoms with Gasteiger partial charge in [0.25, 0.3) is 20.2 Å². The Morgan fingerprint density at radius 2 is 1.39 bits per heavy atom. The molecule has 2 aliphatic rings. The second-order valence-corrected chi connectivity index (χ2v) is 17.6. The summed E-state index contributed by atoms with van der Waals surface area (Å²) in [5.74, 6) is -0.530. The molecule has 0 atom stereocenters. The van der Waals surface area contributed by atoms with E-state index >= 15 is 0 Å². The van der Waals surface area contributed by atoms with Crippen molar-refractivity contribution in [3.63, 3.8) is 0 Å². The van der Waals surface area contributed by atoms with Crippen LogP contribution in [-0.2, 0) is 26.8 Å². The lowest BCUT2D eigenvalue weighted by Crippen LogP contribution is -2.38.